The van der Waals surface area contributed by atoms with Crippen LogP contribution in [0.3, 0.4) is 0 Å². The van der Waals surface area contributed by atoms with Crippen LogP contribution in [0.1, 0.15) is 28.1 Å². The van der Waals surface area contributed by atoms with Gasteiger partial charge in [0.15, 0.2) is 0 Å². The van der Waals surface area contributed by atoms with Gasteiger partial charge < -0.3 is 20.0 Å². The van der Waals surface area contributed by atoms with E-state index in [0.717, 1.165) is 4.88 Å². The third kappa shape index (κ3) is 4.55. The summed E-state index contributed by atoms with van der Waals surface area (Å²) in [6.07, 6.45) is -0.684. The highest BCUT2D eigenvalue weighted by atomic mass is 35.5. The maximum absolute atomic E-state index is 12.3. The highest BCUT2D eigenvalue weighted by molar-refractivity contribution is 7.17. The van der Waals surface area contributed by atoms with E-state index in [2.05, 4.69) is 5.32 Å². The number of carbonyl (C=O) groups excluding carboxylic acids is 3. The van der Waals surface area contributed by atoms with Gasteiger partial charge in [0.2, 0.25) is 5.91 Å². The predicted octanol–water partition coefficient (Wildman–Crippen LogP) is 3.29. The van der Waals surface area contributed by atoms with E-state index in [0.29, 0.717) is 21.2 Å². The molecule has 0 atom stereocenters. The molecule has 0 radical (unpaired) electrons. The fourth-order valence-corrected chi connectivity index (χ4v) is 3.93. The van der Waals surface area contributed by atoms with Crippen LogP contribution in [-0.2, 0) is 14.3 Å². The van der Waals surface area contributed by atoms with Gasteiger partial charge in [0, 0.05) is 38.4 Å². The van der Waals surface area contributed by atoms with Crippen LogP contribution in [-0.4, -0.2) is 25.0 Å². The van der Waals surface area contributed by atoms with Crippen molar-refractivity contribution >= 4 is 57.4 Å². The standard InChI is InChI=1S/C17H15Cl2NO5S/c1-8-14(10-4-3-9(18)7-11(10)19)15(17(24)25-2)16(26-8)20-12(21)5-6-13(22)23/h3-4,7H,5-6H2,1-2H3,(H,20,21)(H,22,23)/p-1. The summed E-state index contributed by atoms with van der Waals surface area (Å²) in [4.78, 5) is 35.5. The van der Waals surface area contributed by atoms with Crippen molar-refractivity contribution in [1.29, 1.82) is 0 Å². The van der Waals surface area contributed by atoms with E-state index in [1.54, 1.807) is 25.1 Å². The van der Waals surface area contributed by atoms with Crippen molar-refractivity contribution in [3.05, 3.63) is 38.7 Å². The number of rotatable bonds is 6. The first-order valence-electron chi connectivity index (χ1n) is 7.41. The summed E-state index contributed by atoms with van der Waals surface area (Å²) in [7, 11) is 1.23. The van der Waals surface area contributed by atoms with Crippen LogP contribution in [0.4, 0.5) is 5.00 Å². The highest BCUT2D eigenvalue weighted by Gasteiger charge is 2.26. The van der Waals surface area contributed by atoms with Crippen LogP contribution in [0.15, 0.2) is 18.2 Å². The second-order valence-corrected chi connectivity index (χ2v) is 7.34. The lowest BCUT2D eigenvalue weighted by atomic mass is 10.0. The third-order valence-electron chi connectivity index (χ3n) is 3.48. The molecule has 0 aliphatic heterocycles. The summed E-state index contributed by atoms with van der Waals surface area (Å²) in [5.41, 5.74) is 1.25. The van der Waals surface area contributed by atoms with Gasteiger partial charge in [-0.2, -0.15) is 0 Å². The minimum atomic E-state index is -1.33. The van der Waals surface area contributed by atoms with E-state index in [1.807, 2.05) is 0 Å². The lowest BCUT2D eigenvalue weighted by Crippen LogP contribution is -2.24. The number of esters is 1. The molecule has 6 nitrogen and oxygen atoms in total. The van der Waals surface area contributed by atoms with Crippen molar-refractivity contribution in [2.45, 2.75) is 19.8 Å². The quantitative estimate of drug-likeness (QED) is 0.731. The molecule has 0 bridgehead atoms. The van der Waals surface area contributed by atoms with Crippen LogP contribution >= 0.6 is 34.5 Å². The van der Waals surface area contributed by atoms with Gasteiger partial charge in [-0.1, -0.05) is 29.3 Å². The maximum atomic E-state index is 12.3. The normalized spacial score (nSPS) is 10.5. The molecule has 1 N–H and O–H groups in total. The number of hydrogen-bond acceptors (Lipinski definition) is 6. The van der Waals surface area contributed by atoms with Crippen LogP contribution in [0.2, 0.25) is 10.0 Å². The van der Waals surface area contributed by atoms with Gasteiger partial charge in [0.1, 0.15) is 10.6 Å². The number of hydrogen-bond donors (Lipinski definition) is 1. The molecular weight excluding hydrogens is 401 g/mol. The first-order valence-corrected chi connectivity index (χ1v) is 8.98. The number of methoxy groups -OCH3 is 1. The molecule has 26 heavy (non-hydrogen) atoms. The molecule has 0 saturated heterocycles. The number of carboxylic acid groups (broad SMARTS) is 1. The predicted molar refractivity (Wildman–Crippen MR) is 98.7 cm³/mol. The Kier molecular flexibility index (Phi) is 6.63. The Hall–Kier alpha value is -2.09. The van der Waals surface area contributed by atoms with Gasteiger partial charge in [-0.25, -0.2) is 4.79 Å². The molecule has 1 aromatic carbocycles. The fraction of sp³-hybridized carbons (Fsp3) is 0.235. The number of halogens is 2. The topological polar surface area (TPSA) is 95.5 Å². The summed E-state index contributed by atoms with van der Waals surface area (Å²) < 4.78 is 4.84. The molecule has 0 aliphatic carbocycles. The molecule has 2 aromatic rings. The number of carbonyl (C=O) groups is 3. The minimum absolute atomic E-state index is 0.154. The lowest BCUT2D eigenvalue weighted by Gasteiger charge is -2.10. The zero-order chi connectivity index (χ0) is 19.4. The largest absolute Gasteiger partial charge is 0.550 e. The van der Waals surface area contributed by atoms with E-state index in [9.17, 15) is 19.5 Å². The number of aliphatic carboxylic acids is 1. The summed E-state index contributed by atoms with van der Waals surface area (Å²) >= 11 is 13.4. The zero-order valence-electron chi connectivity index (χ0n) is 13.9. The Morgan fingerprint density at radius 3 is 2.50 bits per heavy atom. The summed E-state index contributed by atoms with van der Waals surface area (Å²) in [6, 6.07) is 4.86. The molecule has 0 saturated carbocycles. The molecule has 0 fully saturated rings. The van der Waals surface area contributed by atoms with Crippen molar-refractivity contribution in [3.8, 4) is 11.1 Å². The van der Waals surface area contributed by atoms with Gasteiger partial charge in [0.25, 0.3) is 0 Å². The van der Waals surface area contributed by atoms with E-state index in [1.165, 1.54) is 18.4 Å². The Morgan fingerprint density at radius 2 is 1.92 bits per heavy atom. The molecular formula is C17H14Cl2NO5S-. The van der Waals surface area contributed by atoms with Crippen molar-refractivity contribution in [3.63, 3.8) is 0 Å². The number of thiophene rings is 1. The summed E-state index contributed by atoms with van der Waals surface area (Å²) in [5.74, 6) is -2.52. The van der Waals surface area contributed by atoms with Crippen LogP contribution in [0, 0.1) is 6.92 Å². The molecule has 0 unspecified atom stereocenters. The number of benzene rings is 1. The van der Waals surface area contributed by atoms with E-state index < -0.39 is 24.3 Å². The van der Waals surface area contributed by atoms with Gasteiger partial charge in [-0.05, 0) is 25.5 Å². The van der Waals surface area contributed by atoms with Crippen LogP contribution in [0.25, 0.3) is 11.1 Å². The molecule has 0 aliphatic rings. The van der Waals surface area contributed by atoms with Crippen molar-refractivity contribution in [2.75, 3.05) is 12.4 Å². The molecule has 138 valence electrons. The molecule has 9 heteroatoms. The molecule has 1 heterocycles. The Labute approximate surface area is 163 Å². The van der Waals surface area contributed by atoms with Crippen LogP contribution < -0.4 is 10.4 Å². The number of nitrogens with one attached hydrogen (secondary N) is 1. The lowest BCUT2D eigenvalue weighted by molar-refractivity contribution is -0.305. The molecule has 1 aromatic heterocycles. The van der Waals surface area contributed by atoms with Gasteiger partial charge >= 0.3 is 5.97 Å². The summed E-state index contributed by atoms with van der Waals surface area (Å²) in [6.45, 7) is 1.77. The van der Waals surface area contributed by atoms with E-state index >= 15 is 0 Å². The molecule has 1 amide bonds. The average Bonchev–Trinajstić information content (AvgIpc) is 2.88. The smallest absolute Gasteiger partial charge is 0.341 e. The van der Waals surface area contributed by atoms with Gasteiger partial charge in [0.05, 0.1) is 7.11 Å². The maximum Gasteiger partial charge on any atom is 0.341 e. The number of carboxylic acids is 1. The average molecular weight is 415 g/mol. The summed E-state index contributed by atoms with van der Waals surface area (Å²) in [5, 5.41) is 14.1. The van der Waals surface area contributed by atoms with Crippen LogP contribution in [0.5, 0.6) is 0 Å². The molecule has 2 rings (SSSR count). The second kappa shape index (κ2) is 8.53. The zero-order valence-corrected chi connectivity index (χ0v) is 16.2. The molecule has 0 spiro atoms. The third-order valence-corrected chi connectivity index (χ3v) is 5.05. The number of amides is 1. The first kappa shape index (κ1) is 20.2. The Balaban J connectivity index is 2.49. The van der Waals surface area contributed by atoms with E-state index in [4.69, 9.17) is 27.9 Å². The minimum Gasteiger partial charge on any atom is -0.550 e. The Morgan fingerprint density at radius 1 is 1.23 bits per heavy atom. The van der Waals surface area contributed by atoms with Gasteiger partial charge in [-0.15, -0.1) is 11.3 Å². The monoisotopic (exact) mass is 414 g/mol. The Bertz CT molecular complexity index is 878. The number of ether oxygens (including phenoxy) is 1. The van der Waals surface area contributed by atoms with Gasteiger partial charge in [-0.3, -0.25) is 4.79 Å². The number of aryl methyl sites for hydroxylation is 1. The van der Waals surface area contributed by atoms with Crippen molar-refractivity contribution in [2.24, 2.45) is 0 Å². The fourth-order valence-electron chi connectivity index (χ4n) is 2.35. The van der Waals surface area contributed by atoms with Crippen molar-refractivity contribution in [1.82, 2.24) is 0 Å². The first-order chi connectivity index (χ1) is 12.2. The van der Waals surface area contributed by atoms with Crippen molar-refractivity contribution < 1.29 is 24.2 Å². The second-order valence-electron chi connectivity index (χ2n) is 5.27. The SMILES string of the molecule is COC(=O)c1c(NC(=O)CCC(=O)[O-])sc(C)c1-c1ccc(Cl)cc1Cl. The van der Waals surface area contributed by atoms with E-state index in [-0.39, 0.29) is 17.0 Å². The highest BCUT2D eigenvalue weighted by Crippen LogP contribution is 2.43. The number of anilines is 1.